The van der Waals surface area contributed by atoms with Crippen molar-refractivity contribution in [1.82, 2.24) is 4.57 Å². The number of aromatic hydroxyl groups is 1. The number of azo groups is 1. The molecule has 0 saturated heterocycles. The molecule has 2 aromatic carbocycles. The summed E-state index contributed by atoms with van der Waals surface area (Å²) < 4.78 is 1.03. The lowest BCUT2D eigenvalue weighted by molar-refractivity contribution is -0.384. The van der Waals surface area contributed by atoms with Crippen LogP contribution < -0.4 is 5.56 Å². The molecule has 1 N–H and O–H groups in total. The Bertz CT molecular complexity index is 1260. The molecule has 1 aromatic heterocycles. The molecular weight excluding hydrogens is 386 g/mol. The van der Waals surface area contributed by atoms with Crippen molar-refractivity contribution in [2.24, 2.45) is 10.2 Å². The average molecular weight is 403 g/mol. The molecule has 3 aromatic rings. The van der Waals surface area contributed by atoms with Gasteiger partial charge in [-0.15, -0.1) is 10.2 Å². The Morgan fingerprint density at radius 3 is 2.50 bits per heavy atom. The molecule has 0 unspecified atom stereocenters. The molecule has 0 spiro atoms. The first-order valence-electron chi connectivity index (χ1n) is 8.90. The van der Waals surface area contributed by atoms with Gasteiger partial charge in [-0.25, -0.2) is 0 Å². The lowest BCUT2D eigenvalue weighted by Crippen LogP contribution is -2.22. The Balaban J connectivity index is 2.15. The summed E-state index contributed by atoms with van der Waals surface area (Å²) in [5.74, 6) is -0.468. The second-order valence-corrected chi connectivity index (χ2v) is 6.61. The van der Waals surface area contributed by atoms with Crippen LogP contribution in [-0.2, 0) is 6.54 Å². The fourth-order valence-electron chi connectivity index (χ4n) is 2.94. The highest BCUT2D eigenvalue weighted by molar-refractivity contribution is 5.60. The minimum atomic E-state index is -0.661. The Morgan fingerprint density at radius 2 is 1.87 bits per heavy atom. The smallest absolute Gasteiger partial charge is 0.296 e. The number of nitro benzene ring substituents is 1. The Hall–Kier alpha value is -4.32. The normalized spacial score (nSPS) is 10.8. The van der Waals surface area contributed by atoms with Gasteiger partial charge in [0.2, 0.25) is 5.88 Å². The second kappa shape index (κ2) is 8.36. The fourth-order valence-corrected chi connectivity index (χ4v) is 2.94. The van der Waals surface area contributed by atoms with E-state index in [2.05, 4.69) is 10.2 Å². The molecule has 0 fully saturated rings. The summed E-state index contributed by atoms with van der Waals surface area (Å²) in [6.45, 7) is 3.19. The van der Waals surface area contributed by atoms with Crippen molar-refractivity contribution in [3.8, 4) is 11.9 Å². The maximum absolute atomic E-state index is 13.0. The summed E-state index contributed by atoms with van der Waals surface area (Å²) >= 11 is 0. The SMILES string of the molecule is Cc1ccc(N=Nc2c(C)c(C#N)c(O)n(Cc3ccccc3)c2=O)c([N+](=O)[O-])c1. The van der Waals surface area contributed by atoms with Crippen LogP contribution in [0.5, 0.6) is 5.88 Å². The van der Waals surface area contributed by atoms with Crippen LogP contribution in [0.4, 0.5) is 17.1 Å². The summed E-state index contributed by atoms with van der Waals surface area (Å²) in [6.07, 6.45) is 0. The Labute approximate surface area is 171 Å². The standard InChI is InChI=1S/C21H17N5O4/c1-13-8-9-17(18(10-13)26(29)30)23-24-19-14(2)16(11-22)20(27)25(21(19)28)12-15-6-4-3-5-7-15/h3-10,27H,12H2,1-2H3. The molecule has 9 heteroatoms. The molecule has 3 rings (SSSR count). The molecule has 150 valence electrons. The van der Waals surface area contributed by atoms with Gasteiger partial charge in [-0.05, 0) is 31.0 Å². The van der Waals surface area contributed by atoms with Gasteiger partial charge in [-0.2, -0.15) is 5.26 Å². The van der Waals surface area contributed by atoms with Gasteiger partial charge < -0.3 is 5.11 Å². The topological polar surface area (TPSA) is 134 Å². The number of rotatable bonds is 5. The number of benzene rings is 2. The minimum Gasteiger partial charge on any atom is -0.493 e. The highest BCUT2D eigenvalue weighted by Gasteiger charge is 2.20. The van der Waals surface area contributed by atoms with Crippen LogP contribution >= 0.6 is 0 Å². The van der Waals surface area contributed by atoms with Gasteiger partial charge in [0.05, 0.1) is 11.5 Å². The average Bonchev–Trinajstić information content (AvgIpc) is 2.73. The van der Waals surface area contributed by atoms with Gasteiger partial charge in [0.25, 0.3) is 11.2 Å². The highest BCUT2D eigenvalue weighted by atomic mass is 16.6. The zero-order valence-electron chi connectivity index (χ0n) is 16.2. The van der Waals surface area contributed by atoms with Gasteiger partial charge >= 0.3 is 0 Å². The maximum Gasteiger partial charge on any atom is 0.296 e. The molecule has 0 atom stereocenters. The van der Waals surface area contributed by atoms with Crippen LogP contribution in [0.25, 0.3) is 0 Å². The van der Waals surface area contributed by atoms with Crippen LogP contribution in [-0.4, -0.2) is 14.6 Å². The number of pyridine rings is 1. The number of nitrogens with zero attached hydrogens (tertiary/aromatic N) is 5. The third-order valence-electron chi connectivity index (χ3n) is 4.54. The van der Waals surface area contributed by atoms with Crippen LogP contribution in [0.1, 0.15) is 22.3 Å². The maximum atomic E-state index is 13.0. The zero-order valence-corrected chi connectivity index (χ0v) is 16.2. The van der Waals surface area contributed by atoms with E-state index in [1.54, 1.807) is 37.3 Å². The first-order valence-corrected chi connectivity index (χ1v) is 8.90. The quantitative estimate of drug-likeness (QED) is 0.382. The third kappa shape index (κ3) is 3.93. The molecule has 1 heterocycles. The van der Waals surface area contributed by atoms with Crippen molar-refractivity contribution in [2.75, 3.05) is 0 Å². The molecule has 0 aliphatic carbocycles. The highest BCUT2D eigenvalue weighted by Crippen LogP contribution is 2.31. The fraction of sp³-hybridized carbons (Fsp3) is 0.143. The third-order valence-corrected chi connectivity index (χ3v) is 4.54. The number of nitro groups is 1. The lowest BCUT2D eigenvalue weighted by Gasteiger charge is -2.13. The monoisotopic (exact) mass is 403 g/mol. The lowest BCUT2D eigenvalue weighted by atomic mass is 10.1. The Morgan fingerprint density at radius 1 is 1.17 bits per heavy atom. The first-order chi connectivity index (χ1) is 14.3. The van der Waals surface area contributed by atoms with E-state index >= 15 is 0 Å². The van der Waals surface area contributed by atoms with E-state index in [9.17, 15) is 25.3 Å². The van der Waals surface area contributed by atoms with Crippen LogP contribution in [0, 0.1) is 35.3 Å². The van der Waals surface area contributed by atoms with Crippen molar-refractivity contribution >= 4 is 17.1 Å². The van der Waals surface area contributed by atoms with Gasteiger partial charge in [0, 0.05) is 11.6 Å². The summed E-state index contributed by atoms with van der Waals surface area (Å²) in [7, 11) is 0. The predicted molar refractivity (Wildman–Crippen MR) is 109 cm³/mol. The molecule has 0 amide bonds. The van der Waals surface area contributed by atoms with Gasteiger partial charge in [0.15, 0.2) is 11.4 Å². The van der Waals surface area contributed by atoms with Crippen molar-refractivity contribution in [3.63, 3.8) is 0 Å². The molecule has 0 aliphatic heterocycles. The molecule has 0 bridgehead atoms. The van der Waals surface area contributed by atoms with E-state index in [1.807, 2.05) is 12.1 Å². The number of hydrogen-bond acceptors (Lipinski definition) is 7. The van der Waals surface area contributed by atoms with Crippen molar-refractivity contribution < 1.29 is 10.0 Å². The van der Waals surface area contributed by atoms with E-state index in [4.69, 9.17) is 0 Å². The van der Waals surface area contributed by atoms with E-state index in [0.717, 1.165) is 10.1 Å². The number of aryl methyl sites for hydroxylation is 1. The van der Waals surface area contributed by atoms with E-state index in [0.29, 0.717) is 5.56 Å². The summed E-state index contributed by atoms with van der Waals surface area (Å²) in [6, 6.07) is 15.2. The molecule has 0 aliphatic rings. The summed E-state index contributed by atoms with van der Waals surface area (Å²) in [5, 5.41) is 39.0. The van der Waals surface area contributed by atoms with E-state index in [-0.39, 0.29) is 34.7 Å². The van der Waals surface area contributed by atoms with Crippen molar-refractivity contribution in [1.29, 1.82) is 5.26 Å². The zero-order chi connectivity index (χ0) is 21.8. The molecule has 30 heavy (non-hydrogen) atoms. The van der Waals surface area contributed by atoms with Crippen molar-refractivity contribution in [2.45, 2.75) is 20.4 Å². The van der Waals surface area contributed by atoms with Crippen LogP contribution in [0.3, 0.4) is 0 Å². The number of hydrogen-bond donors (Lipinski definition) is 1. The summed E-state index contributed by atoms with van der Waals surface area (Å²) in [4.78, 5) is 23.7. The van der Waals surface area contributed by atoms with E-state index in [1.165, 1.54) is 19.1 Å². The molecular formula is C21H17N5O4. The number of nitriles is 1. The van der Waals surface area contributed by atoms with Gasteiger partial charge in [-0.3, -0.25) is 19.5 Å². The van der Waals surface area contributed by atoms with E-state index < -0.39 is 16.4 Å². The predicted octanol–water partition coefficient (Wildman–Crippen LogP) is 4.41. The second-order valence-electron chi connectivity index (χ2n) is 6.61. The van der Waals surface area contributed by atoms with Crippen LogP contribution in [0.2, 0.25) is 0 Å². The van der Waals surface area contributed by atoms with Gasteiger partial charge in [-0.1, -0.05) is 36.4 Å². The molecule has 0 radical (unpaired) electrons. The molecule has 9 nitrogen and oxygen atoms in total. The Kier molecular flexibility index (Phi) is 5.69. The molecule has 0 saturated carbocycles. The first kappa shape index (κ1) is 20.4. The van der Waals surface area contributed by atoms with Gasteiger partial charge in [0.1, 0.15) is 11.6 Å². The van der Waals surface area contributed by atoms with Crippen LogP contribution in [0.15, 0.2) is 63.6 Å². The summed E-state index contributed by atoms with van der Waals surface area (Å²) in [5.41, 5.74) is 0.339. The largest absolute Gasteiger partial charge is 0.493 e. The van der Waals surface area contributed by atoms with Crippen molar-refractivity contribution in [3.05, 3.63) is 91.3 Å². The number of aromatic nitrogens is 1. The minimum absolute atomic E-state index is 0.0215.